The van der Waals surface area contributed by atoms with Crippen molar-refractivity contribution in [2.75, 3.05) is 26.8 Å². The van der Waals surface area contributed by atoms with Crippen molar-refractivity contribution in [1.29, 1.82) is 0 Å². The topological polar surface area (TPSA) is 41.6 Å². The Hall–Kier alpha value is -0.770. The van der Waals surface area contributed by atoms with Gasteiger partial charge >= 0.3 is 6.03 Å². The van der Waals surface area contributed by atoms with Gasteiger partial charge in [0.25, 0.3) is 0 Å². The van der Waals surface area contributed by atoms with Gasteiger partial charge in [0.2, 0.25) is 0 Å². The first-order chi connectivity index (χ1) is 6.17. The molecule has 0 heterocycles. The molecular formula is C9H20N2O2. The Morgan fingerprint density at radius 1 is 1.54 bits per heavy atom. The van der Waals surface area contributed by atoms with E-state index in [-0.39, 0.29) is 12.1 Å². The zero-order chi connectivity index (χ0) is 10.3. The maximum absolute atomic E-state index is 11.4. The molecule has 0 aromatic carbocycles. The third-order valence-corrected chi connectivity index (χ3v) is 1.87. The number of amides is 2. The second kappa shape index (κ2) is 6.71. The smallest absolute Gasteiger partial charge is 0.317 e. The predicted octanol–water partition coefficient (Wildman–Crippen LogP) is 1.07. The lowest BCUT2D eigenvalue weighted by Crippen LogP contribution is -2.46. The Bertz CT molecular complexity index is 151. The van der Waals surface area contributed by atoms with Gasteiger partial charge < -0.3 is 15.0 Å². The third kappa shape index (κ3) is 4.12. The fraction of sp³-hybridized carbons (Fsp3) is 0.889. The summed E-state index contributed by atoms with van der Waals surface area (Å²) in [6.45, 7) is 7.78. The van der Waals surface area contributed by atoms with Crippen LogP contribution in [0.25, 0.3) is 0 Å². The standard InChI is InChI=1S/C9H20N2O2/c1-5-10-9(12)11(6-2)8(3)7-13-4/h8H,5-7H2,1-4H3,(H,10,12). The second-order valence-corrected chi connectivity index (χ2v) is 2.93. The van der Waals surface area contributed by atoms with Gasteiger partial charge in [0.1, 0.15) is 0 Å². The number of nitrogens with one attached hydrogen (secondary N) is 1. The van der Waals surface area contributed by atoms with E-state index in [0.29, 0.717) is 19.7 Å². The van der Waals surface area contributed by atoms with Crippen molar-refractivity contribution in [3.8, 4) is 0 Å². The normalized spacial score (nSPS) is 12.3. The number of ether oxygens (including phenoxy) is 1. The summed E-state index contributed by atoms with van der Waals surface area (Å²) in [6.07, 6.45) is 0. The highest BCUT2D eigenvalue weighted by atomic mass is 16.5. The fourth-order valence-corrected chi connectivity index (χ4v) is 1.24. The quantitative estimate of drug-likeness (QED) is 0.701. The Kier molecular flexibility index (Phi) is 6.32. The molecule has 1 N–H and O–H groups in total. The molecule has 0 aromatic rings. The molecule has 0 saturated heterocycles. The first kappa shape index (κ1) is 12.2. The van der Waals surface area contributed by atoms with Crippen molar-refractivity contribution in [1.82, 2.24) is 10.2 Å². The summed E-state index contributed by atoms with van der Waals surface area (Å²) in [5.41, 5.74) is 0. The summed E-state index contributed by atoms with van der Waals surface area (Å²) in [6, 6.07) is 0.108. The van der Waals surface area contributed by atoms with Crippen LogP contribution in [0.1, 0.15) is 20.8 Å². The summed E-state index contributed by atoms with van der Waals surface area (Å²) in [7, 11) is 1.64. The van der Waals surface area contributed by atoms with E-state index < -0.39 is 0 Å². The molecule has 0 radical (unpaired) electrons. The van der Waals surface area contributed by atoms with Crippen molar-refractivity contribution in [2.24, 2.45) is 0 Å². The molecule has 0 aliphatic heterocycles. The molecule has 0 fully saturated rings. The van der Waals surface area contributed by atoms with Gasteiger partial charge in [0.05, 0.1) is 12.6 Å². The molecule has 4 nitrogen and oxygen atoms in total. The van der Waals surface area contributed by atoms with E-state index in [2.05, 4.69) is 5.32 Å². The highest BCUT2D eigenvalue weighted by Gasteiger charge is 2.16. The van der Waals surface area contributed by atoms with Crippen LogP contribution in [0.3, 0.4) is 0 Å². The number of carbonyl (C=O) groups excluding carboxylic acids is 1. The number of hydrogen-bond donors (Lipinski definition) is 1. The van der Waals surface area contributed by atoms with Gasteiger partial charge in [-0.2, -0.15) is 0 Å². The van der Waals surface area contributed by atoms with Crippen LogP contribution in [-0.4, -0.2) is 43.8 Å². The van der Waals surface area contributed by atoms with Crippen molar-refractivity contribution in [3.05, 3.63) is 0 Å². The van der Waals surface area contributed by atoms with Gasteiger partial charge in [-0.25, -0.2) is 4.79 Å². The SMILES string of the molecule is CCNC(=O)N(CC)C(C)COC. The highest BCUT2D eigenvalue weighted by molar-refractivity contribution is 5.74. The molecular weight excluding hydrogens is 168 g/mol. The lowest BCUT2D eigenvalue weighted by Gasteiger charge is -2.27. The number of carbonyl (C=O) groups is 1. The number of urea groups is 1. The Labute approximate surface area is 80.2 Å². The number of methoxy groups -OCH3 is 1. The Morgan fingerprint density at radius 3 is 2.54 bits per heavy atom. The van der Waals surface area contributed by atoms with E-state index >= 15 is 0 Å². The van der Waals surface area contributed by atoms with Crippen LogP contribution in [-0.2, 0) is 4.74 Å². The van der Waals surface area contributed by atoms with E-state index in [4.69, 9.17) is 4.74 Å². The molecule has 0 bridgehead atoms. The van der Waals surface area contributed by atoms with Crippen LogP contribution in [0, 0.1) is 0 Å². The molecule has 0 spiro atoms. The lowest BCUT2D eigenvalue weighted by atomic mass is 10.3. The minimum atomic E-state index is -0.0189. The summed E-state index contributed by atoms with van der Waals surface area (Å²) in [5, 5.41) is 2.77. The highest BCUT2D eigenvalue weighted by Crippen LogP contribution is 1.99. The number of nitrogens with zero attached hydrogens (tertiary/aromatic N) is 1. The zero-order valence-corrected chi connectivity index (χ0v) is 8.96. The van der Waals surface area contributed by atoms with Gasteiger partial charge in [-0.3, -0.25) is 0 Å². The minimum Gasteiger partial charge on any atom is -0.383 e. The van der Waals surface area contributed by atoms with Crippen LogP contribution in [0.5, 0.6) is 0 Å². The third-order valence-electron chi connectivity index (χ3n) is 1.87. The van der Waals surface area contributed by atoms with Crippen LogP contribution in [0.15, 0.2) is 0 Å². The molecule has 78 valence electrons. The van der Waals surface area contributed by atoms with Gasteiger partial charge in [-0.15, -0.1) is 0 Å². The first-order valence-electron chi connectivity index (χ1n) is 4.70. The molecule has 0 aromatic heterocycles. The molecule has 0 rings (SSSR count). The lowest BCUT2D eigenvalue weighted by molar-refractivity contribution is 0.114. The van der Waals surface area contributed by atoms with Crippen LogP contribution >= 0.6 is 0 Å². The summed E-state index contributed by atoms with van der Waals surface area (Å²) < 4.78 is 4.99. The van der Waals surface area contributed by atoms with Crippen molar-refractivity contribution >= 4 is 6.03 Å². The molecule has 1 atom stereocenters. The zero-order valence-electron chi connectivity index (χ0n) is 8.96. The Balaban J connectivity index is 4.06. The molecule has 0 aliphatic carbocycles. The molecule has 1 unspecified atom stereocenters. The first-order valence-corrected chi connectivity index (χ1v) is 4.70. The van der Waals surface area contributed by atoms with E-state index in [1.165, 1.54) is 0 Å². The summed E-state index contributed by atoms with van der Waals surface area (Å²) >= 11 is 0. The monoisotopic (exact) mass is 188 g/mol. The van der Waals surface area contributed by atoms with E-state index in [9.17, 15) is 4.79 Å². The fourth-order valence-electron chi connectivity index (χ4n) is 1.24. The summed E-state index contributed by atoms with van der Waals surface area (Å²) in [5.74, 6) is 0. The average Bonchev–Trinajstić information content (AvgIpc) is 2.06. The van der Waals surface area contributed by atoms with E-state index in [1.54, 1.807) is 12.0 Å². The van der Waals surface area contributed by atoms with Crippen molar-refractivity contribution in [3.63, 3.8) is 0 Å². The number of hydrogen-bond acceptors (Lipinski definition) is 2. The molecule has 4 heteroatoms. The largest absolute Gasteiger partial charge is 0.383 e. The van der Waals surface area contributed by atoms with E-state index in [0.717, 1.165) is 0 Å². The molecule has 0 aliphatic rings. The predicted molar refractivity (Wildman–Crippen MR) is 52.8 cm³/mol. The average molecular weight is 188 g/mol. The van der Waals surface area contributed by atoms with Crippen LogP contribution in [0.2, 0.25) is 0 Å². The van der Waals surface area contributed by atoms with Gasteiger partial charge in [-0.05, 0) is 20.8 Å². The number of likely N-dealkylation sites (N-methyl/N-ethyl adjacent to an activating group) is 1. The maximum atomic E-state index is 11.4. The molecule has 0 saturated carbocycles. The van der Waals surface area contributed by atoms with Crippen molar-refractivity contribution < 1.29 is 9.53 Å². The van der Waals surface area contributed by atoms with Crippen LogP contribution in [0.4, 0.5) is 4.79 Å². The number of rotatable bonds is 5. The summed E-state index contributed by atoms with van der Waals surface area (Å²) in [4.78, 5) is 13.2. The molecule has 2 amide bonds. The van der Waals surface area contributed by atoms with Crippen molar-refractivity contribution in [2.45, 2.75) is 26.8 Å². The minimum absolute atomic E-state index is 0.0189. The molecule has 13 heavy (non-hydrogen) atoms. The van der Waals surface area contributed by atoms with Crippen LogP contribution < -0.4 is 5.32 Å². The Morgan fingerprint density at radius 2 is 2.15 bits per heavy atom. The van der Waals surface area contributed by atoms with Gasteiger partial charge in [0.15, 0.2) is 0 Å². The second-order valence-electron chi connectivity index (χ2n) is 2.93. The maximum Gasteiger partial charge on any atom is 0.317 e. The van der Waals surface area contributed by atoms with E-state index in [1.807, 2.05) is 20.8 Å². The van der Waals surface area contributed by atoms with Gasteiger partial charge in [-0.1, -0.05) is 0 Å². The van der Waals surface area contributed by atoms with Gasteiger partial charge in [0, 0.05) is 20.2 Å².